The number of carbonyl (C=O) groups is 2. The van der Waals surface area contributed by atoms with Crippen LogP contribution in [0.1, 0.15) is 48.8 Å². The van der Waals surface area contributed by atoms with Crippen LogP contribution in [0, 0.1) is 0 Å². The van der Waals surface area contributed by atoms with E-state index in [0.29, 0.717) is 22.8 Å². The number of carbonyl (C=O) groups excluding carboxylic acids is 2. The Morgan fingerprint density at radius 2 is 2.00 bits per heavy atom. The van der Waals surface area contributed by atoms with Gasteiger partial charge in [0.2, 0.25) is 4.96 Å². The summed E-state index contributed by atoms with van der Waals surface area (Å²) in [6, 6.07) is 7.58. The van der Waals surface area contributed by atoms with Crippen molar-refractivity contribution in [2.45, 2.75) is 46.3 Å². The molecule has 1 aromatic carbocycles. The largest absolute Gasteiger partial charge is 0.456 e. The van der Waals surface area contributed by atoms with Crippen molar-refractivity contribution in [2.75, 3.05) is 5.32 Å². The number of nitrogens with one attached hydrogen (secondary N) is 1. The number of ether oxygens (including phenoxy) is 2. The number of amides is 1. The summed E-state index contributed by atoms with van der Waals surface area (Å²) in [6.45, 7) is 7.05. The SMILES string of the molecule is CCc1nn2c(=O)cc(COC(=O)c3cccc(NC(=O)OC(C)(C)C)c3)nc2s1. The lowest BCUT2D eigenvalue weighted by Crippen LogP contribution is -2.27. The standard InChI is InChI=1S/C20H22N4O5S/c1-5-15-23-24-16(25)10-14(21-18(24)30-15)11-28-17(26)12-7-6-8-13(9-12)22-19(27)29-20(2,3)4/h6-10H,5,11H2,1-4H3,(H,22,27). The van der Waals surface area contributed by atoms with Gasteiger partial charge in [0.05, 0.1) is 11.3 Å². The summed E-state index contributed by atoms with van der Waals surface area (Å²) in [5.41, 5.74) is 0.0116. The number of aryl methyl sites for hydroxylation is 1. The zero-order chi connectivity index (χ0) is 21.9. The first-order valence-electron chi connectivity index (χ1n) is 9.30. The van der Waals surface area contributed by atoms with E-state index in [1.54, 1.807) is 39.0 Å². The second-order valence-electron chi connectivity index (χ2n) is 7.41. The third kappa shape index (κ3) is 5.41. The van der Waals surface area contributed by atoms with Crippen molar-refractivity contribution < 1.29 is 19.1 Å². The Kier molecular flexibility index (Phi) is 6.16. The van der Waals surface area contributed by atoms with Crippen molar-refractivity contribution in [3.63, 3.8) is 0 Å². The molecule has 0 atom stereocenters. The molecule has 3 aromatic rings. The van der Waals surface area contributed by atoms with E-state index >= 15 is 0 Å². The van der Waals surface area contributed by atoms with Crippen LogP contribution < -0.4 is 10.9 Å². The molecule has 0 saturated heterocycles. The number of benzene rings is 1. The highest BCUT2D eigenvalue weighted by Gasteiger charge is 2.17. The summed E-state index contributed by atoms with van der Waals surface area (Å²) < 4.78 is 11.7. The normalized spacial score (nSPS) is 11.3. The fourth-order valence-corrected chi connectivity index (χ4v) is 3.34. The molecule has 2 heterocycles. The molecule has 0 radical (unpaired) electrons. The minimum atomic E-state index is -0.636. The predicted octanol–water partition coefficient (Wildman–Crippen LogP) is 3.42. The van der Waals surface area contributed by atoms with Crippen molar-refractivity contribution in [3.8, 4) is 0 Å². The summed E-state index contributed by atoms with van der Waals surface area (Å²) in [5, 5.41) is 7.54. The topological polar surface area (TPSA) is 112 Å². The van der Waals surface area contributed by atoms with Gasteiger partial charge in [0.1, 0.15) is 17.2 Å². The molecule has 30 heavy (non-hydrogen) atoms. The third-order valence-electron chi connectivity index (χ3n) is 3.74. The van der Waals surface area contributed by atoms with Gasteiger partial charge in [-0.25, -0.2) is 14.6 Å². The van der Waals surface area contributed by atoms with E-state index < -0.39 is 17.7 Å². The lowest BCUT2D eigenvalue weighted by Gasteiger charge is -2.19. The molecule has 0 spiro atoms. The lowest BCUT2D eigenvalue weighted by atomic mass is 10.2. The van der Waals surface area contributed by atoms with E-state index in [9.17, 15) is 14.4 Å². The number of aromatic nitrogens is 3. The van der Waals surface area contributed by atoms with Gasteiger partial charge >= 0.3 is 12.1 Å². The maximum Gasteiger partial charge on any atom is 0.412 e. The summed E-state index contributed by atoms with van der Waals surface area (Å²) in [6.07, 6.45) is 0.0767. The van der Waals surface area contributed by atoms with E-state index in [-0.39, 0.29) is 17.7 Å². The highest BCUT2D eigenvalue weighted by molar-refractivity contribution is 7.16. The number of nitrogens with zero attached hydrogens (tertiary/aromatic N) is 3. The molecule has 0 bridgehead atoms. The second-order valence-corrected chi connectivity index (χ2v) is 8.45. The second kappa shape index (κ2) is 8.62. The average molecular weight is 430 g/mol. The smallest absolute Gasteiger partial charge is 0.412 e. The van der Waals surface area contributed by atoms with Crippen LogP contribution in [-0.2, 0) is 22.5 Å². The van der Waals surface area contributed by atoms with Crippen LogP contribution >= 0.6 is 11.3 Å². The number of hydrogen-bond donors (Lipinski definition) is 1. The Morgan fingerprint density at radius 1 is 1.23 bits per heavy atom. The molecule has 0 fully saturated rings. The van der Waals surface area contributed by atoms with Gasteiger partial charge in [0, 0.05) is 11.8 Å². The van der Waals surface area contributed by atoms with Gasteiger partial charge in [-0.05, 0) is 45.4 Å². The molecular formula is C20H22N4O5S. The van der Waals surface area contributed by atoms with Crippen molar-refractivity contribution in [1.29, 1.82) is 0 Å². The Balaban J connectivity index is 1.67. The van der Waals surface area contributed by atoms with Gasteiger partial charge < -0.3 is 9.47 Å². The number of anilines is 1. The zero-order valence-electron chi connectivity index (χ0n) is 17.1. The fourth-order valence-electron chi connectivity index (χ4n) is 2.48. The van der Waals surface area contributed by atoms with Crippen LogP contribution in [-0.4, -0.2) is 32.3 Å². The molecule has 1 N–H and O–H groups in total. The average Bonchev–Trinajstić information content (AvgIpc) is 3.08. The summed E-state index contributed by atoms with van der Waals surface area (Å²) in [4.78, 5) is 41.2. The molecule has 2 aromatic heterocycles. The molecule has 0 unspecified atom stereocenters. The van der Waals surface area contributed by atoms with Crippen LogP contribution in [0.5, 0.6) is 0 Å². The van der Waals surface area contributed by atoms with E-state index in [0.717, 1.165) is 5.01 Å². The number of fused-ring (bicyclic) bond motifs is 1. The number of esters is 1. The van der Waals surface area contributed by atoms with Crippen molar-refractivity contribution in [1.82, 2.24) is 14.6 Å². The Bertz CT molecular complexity index is 1150. The molecule has 9 nitrogen and oxygen atoms in total. The number of hydrogen-bond acceptors (Lipinski definition) is 8. The van der Waals surface area contributed by atoms with E-state index in [4.69, 9.17) is 9.47 Å². The Morgan fingerprint density at radius 3 is 2.70 bits per heavy atom. The lowest BCUT2D eigenvalue weighted by molar-refractivity contribution is 0.0467. The van der Waals surface area contributed by atoms with Crippen LogP contribution in [0.25, 0.3) is 4.96 Å². The van der Waals surface area contributed by atoms with Crippen molar-refractivity contribution in [3.05, 3.63) is 57.0 Å². The molecule has 0 saturated carbocycles. The van der Waals surface area contributed by atoms with Crippen molar-refractivity contribution >= 4 is 34.0 Å². The Labute approximate surface area is 176 Å². The Hall–Kier alpha value is -3.27. The van der Waals surface area contributed by atoms with Crippen LogP contribution in [0.2, 0.25) is 0 Å². The molecule has 3 rings (SSSR count). The van der Waals surface area contributed by atoms with Gasteiger partial charge in [-0.2, -0.15) is 9.61 Å². The molecular weight excluding hydrogens is 408 g/mol. The summed E-state index contributed by atoms with van der Waals surface area (Å²) in [7, 11) is 0. The molecule has 0 aliphatic heterocycles. The molecule has 0 aliphatic carbocycles. The predicted molar refractivity (Wildman–Crippen MR) is 112 cm³/mol. The molecule has 1 amide bonds. The first kappa shape index (κ1) is 21.4. The molecule has 158 valence electrons. The monoisotopic (exact) mass is 430 g/mol. The zero-order valence-corrected chi connectivity index (χ0v) is 17.9. The first-order chi connectivity index (χ1) is 14.1. The quantitative estimate of drug-likeness (QED) is 0.617. The van der Waals surface area contributed by atoms with E-state index in [2.05, 4.69) is 15.4 Å². The maximum absolute atomic E-state index is 12.4. The van der Waals surface area contributed by atoms with Crippen LogP contribution in [0.4, 0.5) is 10.5 Å². The van der Waals surface area contributed by atoms with E-state index in [1.165, 1.54) is 28.0 Å². The first-order valence-corrected chi connectivity index (χ1v) is 10.1. The summed E-state index contributed by atoms with van der Waals surface area (Å²) in [5.74, 6) is -0.608. The minimum absolute atomic E-state index is 0.159. The van der Waals surface area contributed by atoms with Crippen molar-refractivity contribution in [2.24, 2.45) is 0 Å². The highest BCUT2D eigenvalue weighted by Crippen LogP contribution is 2.16. The number of rotatable bonds is 5. The van der Waals surface area contributed by atoms with E-state index in [1.807, 2.05) is 6.92 Å². The molecule has 10 heteroatoms. The minimum Gasteiger partial charge on any atom is -0.456 e. The maximum atomic E-state index is 12.4. The highest BCUT2D eigenvalue weighted by atomic mass is 32.1. The summed E-state index contributed by atoms with van der Waals surface area (Å²) >= 11 is 1.32. The van der Waals surface area contributed by atoms with Gasteiger partial charge in [0.25, 0.3) is 5.56 Å². The van der Waals surface area contributed by atoms with Gasteiger partial charge in [0.15, 0.2) is 0 Å². The van der Waals surface area contributed by atoms with Gasteiger partial charge in [-0.1, -0.05) is 24.3 Å². The third-order valence-corrected chi connectivity index (χ3v) is 4.79. The van der Waals surface area contributed by atoms with Gasteiger partial charge in [-0.3, -0.25) is 10.1 Å². The molecule has 0 aliphatic rings. The van der Waals surface area contributed by atoms with Crippen LogP contribution in [0.15, 0.2) is 35.1 Å². The van der Waals surface area contributed by atoms with Gasteiger partial charge in [-0.15, -0.1) is 0 Å². The van der Waals surface area contributed by atoms with Crippen LogP contribution in [0.3, 0.4) is 0 Å². The fraction of sp³-hybridized carbons (Fsp3) is 0.350.